The maximum Gasteiger partial charge on any atom is 0.254 e. The molecule has 0 aliphatic carbocycles. The van der Waals surface area contributed by atoms with E-state index in [1.807, 2.05) is 41.3 Å². The monoisotopic (exact) mass is 424 g/mol. The Kier molecular flexibility index (Phi) is 7.55. The molecule has 0 radical (unpaired) electrons. The maximum atomic E-state index is 13.0. The van der Waals surface area contributed by atoms with Crippen molar-refractivity contribution in [2.24, 2.45) is 5.92 Å². The number of amides is 1. The average Bonchev–Trinajstić information content (AvgIpc) is 2.78. The van der Waals surface area contributed by atoms with Gasteiger partial charge in [-0.25, -0.2) is 0 Å². The standard InChI is InChI=1S/C25H32N2O4/c1-18(2)11-16-31-23-10-7-21(17-24(23)30-4)25(29)27-14-12-26(13-15-27)22-8-5-20(6-9-22)19(3)28/h5-10,17-18H,11-16H2,1-4H3. The lowest BCUT2D eigenvalue weighted by atomic mass is 10.1. The van der Waals surface area contributed by atoms with Gasteiger partial charge in [-0.05, 0) is 61.7 Å². The van der Waals surface area contributed by atoms with Crippen molar-refractivity contribution in [2.45, 2.75) is 27.2 Å². The Labute approximate surface area is 184 Å². The van der Waals surface area contributed by atoms with E-state index in [9.17, 15) is 9.59 Å². The number of anilines is 1. The van der Waals surface area contributed by atoms with Gasteiger partial charge < -0.3 is 19.3 Å². The van der Waals surface area contributed by atoms with Gasteiger partial charge in [-0.3, -0.25) is 9.59 Å². The van der Waals surface area contributed by atoms with Crippen LogP contribution in [0.3, 0.4) is 0 Å². The van der Waals surface area contributed by atoms with Crippen molar-refractivity contribution in [3.63, 3.8) is 0 Å². The molecule has 0 unspecified atom stereocenters. The zero-order valence-electron chi connectivity index (χ0n) is 18.9. The van der Waals surface area contributed by atoms with Gasteiger partial charge in [-0.15, -0.1) is 0 Å². The molecule has 166 valence electrons. The number of hydrogen-bond donors (Lipinski definition) is 0. The summed E-state index contributed by atoms with van der Waals surface area (Å²) in [6.07, 6.45) is 0.964. The number of ether oxygens (including phenoxy) is 2. The van der Waals surface area contributed by atoms with E-state index in [4.69, 9.17) is 9.47 Å². The smallest absolute Gasteiger partial charge is 0.254 e. The second-order valence-corrected chi connectivity index (χ2v) is 8.28. The molecule has 0 saturated carbocycles. The van der Waals surface area contributed by atoms with E-state index >= 15 is 0 Å². The Balaban J connectivity index is 1.60. The van der Waals surface area contributed by atoms with Crippen molar-refractivity contribution >= 4 is 17.4 Å². The number of carbonyl (C=O) groups is 2. The Morgan fingerprint density at radius 2 is 1.58 bits per heavy atom. The van der Waals surface area contributed by atoms with Crippen LogP contribution < -0.4 is 14.4 Å². The van der Waals surface area contributed by atoms with E-state index in [2.05, 4.69) is 18.7 Å². The summed E-state index contributed by atoms with van der Waals surface area (Å²) in [5, 5.41) is 0. The zero-order chi connectivity index (χ0) is 22.4. The van der Waals surface area contributed by atoms with E-state index in [-0.39, 0.29) is 11.7 Å². The molecule has 1 aliphatic rings. The summed E-state index contributed by atoms with van der Waals surface area (Å²) in [5.74, 6) is 1.88. The van der Waals surface area contributed by atoms with E-state index < -0.39 is 0 Å². The van der Waals surface area contributed by atoms with Gasteiger partial charge in [0.2, 0.25) is 0 Å². The largest absolute Gasteiger partial charge is 0.493 e. The molecule has 1 fully saturated rings. The molecular formula is C25H32N2O4. The fourth-order valence-electron chi connectivity index (χ4n) is 3.58. The van der Waals surface area contributed by atoms with Crippen molar-refractivity contribution in [2.75, 3.05) is 44.8 Å². The molecule has 2 aromatic rings. The van der Waals surface area contributed by atoms with Crippen LogP contribution in [0.15, 0.2) is 42.5 Å². The Morgan fingerprint density at radius 1 is 0.935 bits per heavy atom. The summed E-state index contributed by atoms with van der Waals surface area (Å²) >= 11 is 0. The van der Waals surface area contributed by atoms with E-state index in [0.717, 1.165) is 25.2 Å². The molecular weight excluding hydrogens is 392 g/mol. The molecule has 6 heteroatoms. The first-order valence-corrected chi connectivity index (χ1v) is 10.8. The molecule has 0 aromatic heterocycles. The van der Waals surface area contributed by atoms with Crippen molar-refractivity contribution in [1.82, 2.24) is 4.90 Å². The molecule has 0 N–H and O–H groups in total. The van der Waals surface area contributed by atoms with Crippen LogP contribution in [0.1, 0.15) is 47.9 Å². The highest BCUT2D eigenvalue weighted by Crippen LogP contribution is 2.29. The van der Waals surface area contributed by atoms with E-state index in [1.54, 1.807) is 20.1 Å². The van der Waals surface area contributed by atoms with Gasteiger partial charge in [0.15, 0.2) is 17.3 Å². The minimum absolute atomic E-state index is 0.00129. The predicted molar refractivity (Wildman–Crippen MR) is 123 cm³/mol. The number of ketones is 1. The Hall–Kier alpha value is -3.02. The molecule has 2 aromatic carbocycles. The topological polar surface area (TPSA) is 59.1 Å². The first-order chi connectivity index (χ1) is 14.9. The normalized spacial score (nSPS) is 14.0. The number of rotatable bonds is 8. The Bertz CT molecular complexity index is 900. The summed E-state index contributed by atoms with van der Waals surface area (Å²) in [5.41, 5.74) is 2.39. The summed E-state index contributed by atoms with van der Waals surface area (Å²) in [4.78, 5) is 28.6. The fraction of sp³-hybridized carbons (Fsp3) is 0.440. The summed E-state index contributed by atoms with van der Waals surface area (Å²) in [6.45, 7) is 9.28. The van der Waals surface area contributed by atoms with Crippen LogP contribution in [0.2, 0.25) is 0 Å². The lowest BCUT2D eigenvalue weighted by Crippen LogP contribution is -2.48. The summed E-state index contributed by atoms with van der Waals surface area (Å²) in [6, 6.07) is 13.0. The first kappa shape index (κ1) is 22.7. The number of carbonyl (C=O) groups excluding carboxylic acids is 2. The quantitative estimate of drug-likeness (QED) is 0.592. The van der Waals surface area contributed by atoms with Gasteiger partial charge in [0.05, 0.1) is 13.7 Å². The van der Waals surface area contributed by atoms with Crippen molar-refractivity contribution in [3.8, 4) is 11.5 Å². The lowest BCUT2D eigenvalue weighted by Gasteiger charge is -2.36. The van der Waals surface area contributed by atoms with Crippen molar-refractivity contribution in [3.05, 3.63) is 53.6 Å². The second-order valence-electron chi connectivity index (χ2n) is 8.28. The highest BCUT2D eigenvalue weighted by molar-refractivity contribution is 5.95. The molecule has 0 bridgehead atoms. The van der Waals surface area contributed by atoms with Crippen LogP contribution in [0.5, 0.6) is 11.5 Å². The van der Waals surface area contributed by atoms with Crippen LogP contribution in [-0.4, -0.2) is 56.5 Å². The van der Waals surface area contributed by atoms with Crippen molar-refractivity contribution < 1.29 is 19.1 Å². The minimum Gasteiger partial charge on any atom is -0.493 e. The molecule has 6 nitrogen and oxygen atoms in total. The van der Waals surface area contributed by atoms with Gasteiger partial charge in [-0.1, -0.05) is 13.8 Å². The highest BCUT2D eigenvalue weighted by Gasteiger charge is 2.23. The third-order valence-corrected chi connectivity index (χ3v) is 5.57. The number of benzene rings is 2. The summed E-state index contributed by atoms with van der Waals surface area (Å²) < 4.78 is 11.3. The number of nitrogens with zero attached hydrogens (tertiary/aromatic N) is 2. The van der Waals surface area contributed by atoms with E-state index in [1.165, 1.54) is 0 Å². The molecule has 1 heterocycles. The van der Waals surface area contributed by atoms with Crippen LogP contribution in [-0.2, 0) is 0 Å². The van der Waals surface area contributed by atoms with Crippen LogP contribution in [0.25, 0.3) is 0 Å². The lowest BCUT2D eigenvalue weighted by molar-refractivity contribution is 0.0746. The number of Topliss-reactive ketones (excluding diaryl/α,β-unsaturated/α-hetero) is 1. The molecule has 31 heavy (non-hydrogen) atoms. The van der Waals surface area contributed by atoms with Gasteiger partial charge in [0.1, 0.15) is 0 Å². The molecule has 0 spiro atoms. The molecule has 1 amide bonds. The Morgan fingerprint density at radius 3 is 2.16 bits per heavy atom. The average molecular weight is 425 g/mol. The predicted octanol–water partition coefficient (Wildman–Crippen LogP) is 4.29. The van der Waals surface area contributed by atoms with Gasteiger partial charge in [0, 0.05) is 43.0 Å². The SMILES string of the molecule is COc1cc(C(=O)N2CCN(c3ccc(C(C)=O)cc3)CC2)ccc1OCCC(C)C. The highest BCUT2D eigenvalue weighted by atomic mass is 16.5. The zero-order valence-corrected chi connectivity index (χ0v) is 18.9. The minimum atomic E-state index is -0.00129. The fourth-order valence-corrected chi connectivity index (χ4v) is 3.58. The van der Waals surface area contributed by atoms with Gasteiger partial charge in [-0.2, -0.15) is 0 Å². The van der Waals surface area contributed by atoms with Crippen LogP contribution in [0.4, 0.5) is 5.69 Å². The van der Waals surface area contributed by atoms with Crippen LogP contribution >= 0.6 is 0 Å². The maximum absolute atomic E-state index is 13.0. The summed E-state index contributed by atoms with van der Waals surface area (Å²) in [7, 11) is 1.59. The van der Waals surface area contributed by atoms with E-state index in [0.29, 0.717) is 48.2 Å². The number of piperazine rings is 1. The second kappa shape index (κ2) is 10.3. The van der Waals surface area contributed by atoms with Crippen molar-refractivity contribution in [1.29, 1.82) is 0 Å². The third kappa shape index (κ3) is 5.78. The molecule has 0 atom stereocenters. The first-order valence-electron chi connectivity index (χ1n) is 10.8. The number of methoxy groups -OCH3 is 1. The molecule has 3 rings (SSSR count). The molecule has 1 saturated heterocycles. The van der Waals surface area contributed by atoms with Crippen LogP contribution in [0, 0.1) is 5.92 Å². The molecule has 1 aliphatic heterocycles. The third-order valence-electron chi connectivity index (χ3n) is 5.57. The van der Waals surface area contributed by atoms with Gasteiger partial charge in [0.25, 0.3) is 5.91 Å². The van der Waals surface area contributed by atoms with Gasteiger partial charge >= 0.3 is 0 Å². The number of hydrogen-bond acceptors (Lipinski definition) is 5.